The summed E-state index contributed by atoms with van der Waals surface area (Å²) in [5, 5.41) is 17.3. The molecule has 0 spiro atoms. The highest BCUT2D eigenvalue weighted by atomic mass is 35.5. The number of hydrogen-bond acceptors (Lipinski definition) is 4. The van der Waals surface area contributed by atoms with E-state index >= 15 is 0 Å². The molecule has 1 amide bonds. The Labute approximate surface area is 186 Å². The van der Waals surface area contributed by atoms with E-state index in [1.165, 1.54) is 24.3 Å². The molecular weight excluding hydrogens is 445 g/mol. The second kappa shape index (κ2) is 7.67. The Hall–Kier alpha value is -3.32. The fraction of sp³-hybridized carbons (Fsp3) is 0.333. The number of carbonyl (C=O) groups excluding carboxylic acids is 1. The van der Waals surface area contributed by atoms with Crippen molar-refractivity contribution in [1.29, 1.82) is 5.26 Å². The zero-order valence-corrected chi connectivity index (χ0v) is 17.9. The van der Waals surface area contributed by atoms with E-state index in [2.05, 4.69) is 16.3 Å². The first kappa shape index (κ1) is 21.9. The lowest BCUT2D eigenvalue weighted by atomic mass is 10.0. The Kier molecular flexibility index (Phi) is 5.25. The number of carbonyl (C=O) groups is 1. The van der Waals surface area contributed by atoms with Gasteiger partial charge in [0.1, 0.15) is 17.3 Å². The molecule has 1 saturated carbocycles. The van der Waals surface area contributed by atoms with E-state index in [0.29, 0.717) is 30.5 Å². The molecule has 165 valence electrons. The Morgan fingerprint density at radius 1 is 1.38 bits per heavy atom. The molecule has 0 unspecified atom stereocenters. The van der Waals surface area contributed by atoms with Gasteiger partial charge in [0, 0.05) is 25.4 Å². The van der Waals surface area contributed by atoms with Crippen molar-refractivity contribution >= 4 is 17.5 Å². The van der Waals surface area contributed by atoms with Crippen LogP contribution in [0, 0.1) is 17.5 Å². The second-order valence-electron chi connectivity index (χ2n) is 7.49. The largest absolute Gasteiger partial charge is 0.422 e. The van der Waals surface area contributed by atoms with Gasteiger partial charge in [0.05, 0.1) is 22.9 Å². The summed E-state index contributed by atoms with van der Waals surface area (Å²) in [6.07, 6.45) is 1.34. The van der Waals surface area contributed by atoms with Crippen LogP contribution in [0.1, 0.15) is 35.7 Å². The Morgan fingerprint density at radius 2 is 2.09 bits per heavy atom. The topological polar surface area (TPSA) is 79.7 Å². The van der Waals surface area contributed by atoms with Gasteiger partial charge in [0.2, 0.25) is 0 Å². The summed E-state index contributed by atoms with van der Waals surface area (Å²) >= 11 is 6.28. The van der Waals surface area contributed by atoms with Gasteiger partial charge in [-0.3, -0.25) is 4.79 Å². The molecule has 0 bridgehead atoms. The summed E-state index contributed by atoms with van der Waals surface area (Å²) in [4.78, 5) is 14.6. The summed E-state index contributed by atoms with van der Waals surface area (Å²) in [6, 6.07) is 6.95. The fourth-order valence-electron chi connectivity index (χ4n) is 3.64. The van der Waals surface area contributed by atoms with Crippen LogP contribution >= 0.6 is 11.6 Å². The number of aryl methyl sites for hydroxylation is 1. The highest BCUT2D eigenvalue weighted by Crippen LogP contribution is 2.42. The Balaban J connectivity index is 1.71. The third-order valence-electron chi connectivity index (χ3n) is 5.46. The molecule has 11 heteroatoms. The van der Waals surface area contributed by atoms with E-state index in [0.717, 1.165) is 9.36 Å². The van der Waals surface area contributed by atoms with Crippen molar-refractivity contribution in [2.45, 2.75) is 31.5 Å². The molecule has 1 radical (unpaired) electrons. The lowest BCUT2D eigenvalue weighted by Crippen LogP contribution is -2.41. The van der Waals surface area contributed by atoms with Crippen molar-refractivity contribution in [3.63, 3.8) is 0 Å². The van der Waals surface area contributed by atoms with Crippen LogP contribution in [0.2, 0.25) is 5.02 Å². The molecule has 3 aromatic rings. The minimum atomic E-state index is -4.64. The maximum Gasteiger partial charge on any atom is 0.422 e. The highest BCUT2D eigenvalue weighted by molar-refractivity contribution is 6.34. The second-order valence-corrected chi connectivity index (χ2v) is 7.90. The van der Waals surface area contributed by atoms with Crippen molar-refractivity contribution in [3.8, 4) is 23.0 Å². The van der Waals surface area contributed by atoms with Crippen LogP contribution in [-0.2, 0) is 13.2 Å². The standard InChI is InChI=1S/C21H17ClF3N6O/c1-3-30(20(12-26)6-7-20)19(32)15-8-13(4-5-17(15)22)14-9-28-31(11-14)18-16(21(23,24)25)10-27-29(18)2/h4-5,8-9,11H,3,6-7H2,1-2H3. The molecule has 1 fully saturated rings. The van der Waals surface area contributed by atoms with Gasteiger partial charge in [-0.15, -0.1) is 0 Å². The average molecular weight is 462 g/mol. The molecule has 0 atom stereocenters. The monoisotopic (exact) mass is 461 g/mol. The summed E-state index contributed by atoms with van der Waals surface area (Å²) in [7, 11) is 1.36. The van der Waals surface area contributed by atoms with E-state index in [1.807, 2.05) is 6.20 Å². The first-order valence-electron chi connectivity index (χ1n) is 9.71. The number of nitriles is 1. The number of hydrogen-bond donors (Lipinski definition) is 0. The van der Waals surface area contributed by atoms with Gasteiger partial charge >= 0.3 is 6.18 Å². The van der Waals surface area contributed by atoms with Gasteiger partial charge in [-0.1, -0.05) is 17.7 Å². The number of nitrogens with zero attached hydrogens (tertiary/aromatic N) is 6. The zero-order chi connectivity index (χ0) is 23.3. The number of rotatable bonds is 5. The van der Waals surface area contributed by atoms with Gasteiger partial charge in [-0.25, -0.2) is 9.36 Å². The number of aromatic nitrogens is 4. The first-order valence-corrected chi connectivity index (χ1v) is 10.1. The van der Waals surface area contributed by atoms with Gasteiger partial charge in [0.25, 0.3) is 5.91 Å². The number of halogens is 4. The molecule has 2 aromatic heterocycles. The van der Waals surface area contributed by atoms with Crippen molar-refractivity contribution < 1.29 is 18.0 Å². The quantitative estimate of drug-likeness (QED) is 0.568. The van der Waals surface area contributed by atoms with Crippen molar-refractivity contribution in [1.82, 2.24) is 24.5 Å². The Morgan fingerprint density at radius 3 is 2.69 bits per heavy atom. The maximum absolute atomic E-state index is 13.3. The molecule has 1 aromatic carbocycles. The van der Waals surface area contributed by atoms with Crippen LogP contribution in [0.5, 0.6) is 0 Å². The lowest BCUT2D eigenvalue weighted by Gasteiger charge is -2.26. The SMILES string of the molecule is CCN(C(=O)c1cc(-c2cnn(-c3c(C(F)(F)F)[c]nn3C)c2)ccc1Cl)C1(C#N)CC1. The molecule has 1 aliphatic rings. The molecule has 0 saturated heterocycles. The van der Waals surface area contributed by atoms with Crippen LogP contribution in [0.15, 0.2) is 30.6 Å². The fourth-order valence-corrected chi connectivity index (χ4v) is 3.84. The van der Waals surface area contributed by atoms with Crippen molar-refractivity contribution in [2.24, 2.45) is 7.05 Å². The summed E-state index contributed by atoms with van der Waals surface area (Å²) in [5.41, 5.74) is -0.604. The first-order chi connectivity index (χ1) is 15.1. The van der Waals surface area contributed by atoms with Crippen molar-refractivity contribution in [2.75, 3.05) is 6.54 Å². The van der Waals surface area contributed by atoms with E-state index in [-0.39, 0.29) is 22.3 Å². The number of alkyl halides is 3. The smallest absolute Gasteiger partial charge is 0.320 e. The molecule has 0 aliphatic heterocycles. The average Bonchev–Trinajstić information content (AvgIpc) is 3.18. The van der Waals surface area contributed by atoms with E-state index in [4.69, 9.17) is 11.6 Å². The molecule has 1 aliphatic carbocycles. The van der Waals surface area contributed by atoms with Crippen LogP contribution in [0.25, 0.3) is 16.9 Å². The summed E-state index contributed by atoms with van der Waals surface area (Å²) in [6.45, 7) is 2.14. The molecule has 2 heterocycles. The van der Waals surface area contributed by atoms with Crippen LogP contribution in [0.4, 0.5) is 13.2 Å². The Bertz CT molecular complexity index is 1240. The minimum Gasteiger partial charge on any atom is -0.320 e. The van der Waals surface area contributed by atoms with Crippen LogP contribution < -0.4 is 0 Å². The van der Waals surface area contributed by atoms with E-state index in [1.54, 1.807) is 25.1 Å². The van der Waals surface area contributed by atoms with Crippen LogP contribution in [0.3, 0.4) is 0 Å². The van der Waals surface area contributed by atoms with Crippen LogP contribution in [-0.4, -0.2) is 42.5 Å². The van der Waals surface area contributed by atoms with Gasteiger partial charge in [0.15, 0.2) is 5.82 Å². The van der Waals surface area contributed by atoms with Gasteiger partial charge < -0.3 is 4.90 Å². The minimum absolute atomic E-state index is 0.213. The van der Waals surface area contributed by atoms with Gasteiger partial charge in [-0.05, 0) is 37.5 Å². The summed E-state index contributed by atoms with van der Waals surface area (Å²) < 4.78 is 42.0. The third kappa shape index (κ3) is 3.62. The highest BCUT2D eigenvalue weighted by Gasteiger charge is 2.50. The van der Waals surface area contributed by atoms with Gasteiger partial charge in [-0.2, -0.15) is 28.6 Å². The molecule has 0 N–H and O–H groups in total. The normalized spacial score (nSPS) is 14.8. The molecule has 7 nitrogen and oxygen atoms in total. The third-order valence-corrected chi connectivity index (χ3v) is 5.79. The summed E-state index contributed by atoms with van der Waals surface area (Å²) in [5.74, 6) is -0.651. The molecule has 4 rings (SSSR count). The lowest BCUT2D eigenvalue weighted by molar-refractivity contribution is -0.137. The molecular formula is C21H17ClF3N6O. The molecule has 32 heavy (non-hydrogen) atoms. The predicted molar refractivity (Wildman–Crippen MR) is 109 cm³/mol. The number of benzene rings is 1. The van der Waals surface area contributed by atoms with E-state index in [9.17, 15) is 23.2 Å². The van der Waals surface area contributed by atoms with E-state index < -0.39 is 17.3 Å². The predicted octanol–water partition coefficient (Wildman–Crippen LogP) is 4.26. The number of amides is 1. The van der Waals surface area contributed by atoms with Crippen molar-refractivity contribution in [3.05, 3.63) is 52.9 Å². The zero-order valence-electron chi connectivity index (χ0n) is 17.1. The maximum atomic E-state index is 13.3.